The average Bonchev–Trinajstić information content (AvgIpc) is 2.93. The van der Waals surface area contributed by atoms with Crippen LogP contribution in [0.3, 0.4) is 0 Å². The minimum Gasteiger partial charge on any atom is -0.306 e. The normalized spacial score (nSPS) is 22.8. The second kappa shape index (κ2) is 8.64. The molecule has 0 N–H and O–H groups in total. The van der Waals surface area contributed by atoms with Gasteiger partial charge in [-0.2, -0.15) is 5.10 Å². The number of hydrogen-bond donors (Lipinski definition) is 0. The monoisotopic (exact) mass is 370 g/mol. The zero-order chi connectivity index (χ0) is 18.6. The zero-order valence-corrected chi connectivity index (χ0v) is 17.2. The van der Waals surface area contributed by atoms with E-state index in [0.717, 1.165) is 19.6 Å². The molecule has 0 unspecified atom stereocenters. The number of aryl methyl sites for hydroxylation is 1. The van der Waals surface area contributed by atoms with Crippen LogP contribution >= 0.6 is 0 Å². The lowest BCUT2D eigenvalue weighted by atomic mass is 9.86. The Bertz CT molecular complexity index is 641. The van der Waals surface area contributed by atoms with E-state index in [1.54, 1.807) is 13.8 Å². The van der Waals surface area contributed by atoms with E-state index in [0.29, 0.717) is 18.4 Å². The molecule has 2 rings (SSSR count). The van der Waals surface area contributed by atoms with Gasteiger partial charge in [0.2, 0.25) is 0 Å². The fraction of sp³-hybridized carbons (Fsp3) is 0.833. The van der Waals surface area contributed by atoms with E-state index in [2.05, 4.69) is 35.2 Å². The van der Waals surface area contributed by atoms with Crippen LogP contribution in [0.1, 0.15) is 44.7 Å². The molecule has 0 aromatic carbocycles. The van der Waals surface area contributed by atoms with E-state index in [1.165, 1.54) is 18.4 Å². The third-order valence-corrected chi connectivity index (χ3v) is 7.60. The van der Waals surface area contributed by atoms with Crippen molar-refractivity contribution in [3.8, 4) is 0 Å². The van der Waals surface area contributed by atoms with Crippen molar-refractivity contribution in [2.24, 2.45) is 13.0 Å². The number of piperidine rings is 1. The van der Waals surface area contributed by atoms with Gasteiger partial charge in [0.25, 0.3) is 0 Å². The van der Waals surface area contributed by atoms with Crippen molar-refractivity contribution < 1.29 is 8.42 Å². The Hall–Kier alpha value is -0.920. The van der Waals surface area contributed by atoms with Crippen LogP contribution in [0.5, 0.6) is 0 Å². The first-order valence-corrected chi connectivity index (χ1v) is 11.0. The van der Waals surface area contributed by atoms with E-state index < -0.39 is 9.84 Å². The number of sulfone groups is 1. The van der Waals surface area contributed by atoms with Gasteiger partial charge in [0.1, 0.15) is 0 Å². The second-order valence-electron chi connectivity index (χ2n) is 7.81. The van der Waals surface area contributed by atoms with Crippen LogP contribution < -0.4 is 0 Å². The average molecular weight is 371 g/mol. The van der Waals surface area contributed by atoms with Crippen LogP contribution in [0.2, 0.25) is 0 Å². The Kier molecular flexibility index (Phi) is 7.05. The molecule has 2 heterocycles. The fourth-order valence-electron chi connectivity index (χ4n) is 3.83. The van der Waals surface area contributed by atoms with Gasteiger partial charge in [-0.3, -0.25) is 9.58 Å². The van der Waals surface area contributed by atoms with Gasteiger partial charge in [0.05, 0.1) is 17.2 Å². The van der Waals surface area contributed by atoms with Crippen molar-refractivity contribution in [2.75, 3.05) is 39.5 Å². The summed E-state index contributed by atoms with van der Waals surface area (Å²) in [6.45, 7) is 6.45. The van der Waals surface area contributed by atoms with Crippen LogP contribution in [0.25, 0.3) is 0 Å². The van der Waals surface area contributed by atoms with Gasteiger partial charge in [-0.15, -0.1) is 0 Å². The van der Waals surface area contributed by atoms with E-state index in [4.69, 9.17) is 0 Å². The highest BCUT2D eigenvalue weighted by Crippen LogP contribution is 2.35. The van der Waals surface area contributed by atoms with Crippen LogP contribution in [0, 0.1) is 5.92 Å². The number of rotatable bonds is 8. The van der Waals surface area contributed by atoms with Crippen molar-refractivity contribution in [2.45, 2.75) is 44.4 Å². The zero-order valence-electron chi connectivity index (χ0n) is 16.4. The molecule has 2 atom stereocenters. The maximum Gasteiger partial charge on any atom is 0.152 e. The van der Waals surface area contributed by atoms with Crippen molar-refractivity contribution in [1.29, 1.82) is 0 Å². The van der Waals surface area contributed by atoms with Crippen LogP contribution in [0.15, 0.2) is 12.4 Å². The SMILES string of the molecule is CC(C)S(=O)(=O)CCCN(C)C[C@@H]1CCCN(C)[C@H]1c1cnn(C)c1. The molecule has 144 valence electrons. The summed E-state index contributed by atoms with van der Waals surface area (Å²) >= 11 is 0. The number of hydrogen-bond acceptors (Lipinski definition) is 5. The first kappa shape index (κ1) is 20.4. The van der Waals surface area contributed by atoms with Crippen molar-refractivity contribution in [3.05, 3.63) is 18.0 Å². The van der Waals surface area contributed by atoms with E-state index in [9.17, 15) is 8.42 Å². The van der Waals surface area contributed by atoms with Gasteiger partial charge in [0.15, 0.2) is 9.84 Å². The highest BCUT2D eigenvalue weighted by atomic mass is 32.2. The summed E-state index contributed by atoms with van der Waals surface area (Å²) in [4.78, 5) is 4.73. The summed E-state index contributed by atoms with van der Waals surface area (Å²) in [5.74, 6) is 0.834. The lowest BCUT2D eigenvalue weighted by molar-refractivity contribution is 0.0944. The largest absolute Gasteiger partial charge is 0.306 e. The lowest BCUT2D eigenvalue weighted by Crippen LogP contribution is -2.41. The topological polar surface area (TPSA) is 58.4 Å². The van der Waals surface area contributed by atoms with E-state index in [-0.39, 0.29) is 11.0 Å². The number of likely N-dealkylation sites (tertiary alicyclic amines) is 1. The Morgan fingerprint density at radius 3 is 2.68 bits per heavy atom. The molecule has 1 aromatic heterocycles. The summed E-state index contributed by atoms with van der Waals surface area (Å²) in [7, 11) is 3.33. The fourth-order valence-corrected chi connectivity index (χ4v) is 4.84. The molecule has 1 saturated heterocycles. The van der Waals surface area contributed by atoms with Crippen molar-refractivity contribution in [1.82, 2.24) is 19.6 Å². The first-order chi connectivity index (χ1) is 11.7. The van der Waals surface area contributed by atoms with Crippen LogP contribution in [-0.2, 0) is 16.9 Å². The van der Waals surface area contributed by atoms with Gasteiger partial charge >= 0.3 is 0 Å². The summed E-state index contributed by atoms with van der Waals surface area (Å²) in [6.07, 6.45) is 7.23. The molecule has 0 bridgehead atoms. The quantitative estimate of drug-likeness (QED) is 0.700. The molecule has 0 aliphatic carbocycles. The van der Waals surface area contributed by atoms with Crippen LogP contribution in [-0.4, -0.2) is 72.7 Å². The maximum atomic E-state index is 11.9. The molecular formula is C18H34N4O2S. The van der Waals surface area contributed by atoms with Gasteiger partial charge in [-0.1, -0.05) is 0 Å². The molecule has 0 amide bonds. The molecule has 0 radical (unpaired) electrons. The Balaban J connectivity index is 1.92. The Morgan fingerprint density at radius 1 is 1.36 bits per heavy atom. The molecule has 1 aromatic rings. The molecule has 1 aliphatic rings. The summed E-state index contributed by atoms with van der Waals surface area (Å²) in [5.41, 5.74) is 1.28. The van der Waals surface area contributed by atoms with Gasteiger partial charge in [-0.25, -0.2) is 8.42 Å². The Labute approximate surface area is 153 Å². The Morgan fingerprint density at radius 2 is 2.08 bits per heavy atom. The smallest absolute Gasteiger partial charge is 0.152 e. The summed E-state index contributed by atoms with van der Waals surface area (Å²) in [6, 6.07) is 0.393. The first-order valence-electron chi connectivity index (χ1n) is 9.29. The number of aromatic nitrogens is 2. The predicted octanol–water partition coefficient (Wildman–Crippen LogP) is 1.95. The minimum atomic E-state index is -2.93. The third-order valence-electron chi connectivity index (χ3n) is 5.31. The highest BCUT2D eigenvalue weighted by molar-refractivity contribution is 7.91. The van der Waals surface area contributed by atoms with Gasteiger partial charge in [-0.05, 0) is 66.2 Å². The summed E-state index contributed by atoms with van der Waals surface area (Å²) in [5, 5.41) is 4.06. The molecule has 1 fully saturated rings. The predicted molar refractivity (Wildman–Crippen MR) is 102 cm³/mol. The molecule has 7 heteroatoms. The molecule has 0 saturated carbocycles. The highest BCUT2D eigenvalue weighted by Gasteiger charge is 2.32. The van der Waals surface area contributed by atoms with Crippen LogP contribution in [0.4, 0.5) is 0 Å². The van der Waals surface area contributed by atoms with E-state index >= 15 is 0 Å². The lowest BCUT2D eigenvalue weighted by Gasteiger charge is -2.40. The molecule has 1 aliphatic heterocycles. The van der Waals surface area contributed by atoms with E-state index in [1.807, 2.05) is 17.9 Å². The molecule has 25 heavy (non-hydrogen) atoms. The standard InChI is InChI=1S/C18H34N4O2S/c1-15(2)25(23,24)11-7-9-20(3)13-16-8-6-10-21(4)18(16)17-12-19-22(5)14-17/h12,14-16,18H,6-11,13H2,1-5H3/t16-,18+/m0/s1. The van der Waals surface area contributed by atoms with Crippen molar-refractivity contribution in [3.63, 3.8) is 0 Å². The third kappa shape index (κ3) is 5.53. The maximum absolute atomic E-state index is 11.9. The molecular weight excluding hydrogens is 336 g/mol. The minimum absolute atomic E-state index is 0.278. The molecule has 0 spiro atoms. The number of nitrogens with zero attached hydrogens (tertiary/aromatic N) is 4. The molecule has 6 nitrogen and oxygen atoms in total. The second-order valence-corrected chi connectivity index (χ2v) is 10.5. The van der Waals surface area contributed by atoms with Gasteiger partial charge < -0.3 is 4.90 Å². The summed E-state index contributed by atoms with van der Waals surface area (Å²) < 4.78 is 25.8. The van der Waals surface area contributed by atoms with Crippen molar-refractivity contribution >= 4 is 9.84 Å². The van der Waals surface area contributed by atoms with Gasteiger partial charge in [0, 0.05) is 31.4 Å².